The van der Waals surface area contributed by atoms with Gasteiger partial charge in [-0.2, -0.15) is 0 Å². The van der Waals surface area contributed by atoms with Gasteiger partial charge in [0.05, 0.1) is 6.10 Å². The molecule has 1 saturated heterocycles. The van der Waals surface area contributed by atoms with Crippen LogP contribution in [0.4, 0.5) is 0 Å². The minimum Gasteiger partial charge on any atom is -0.377 e. The summed E-state index contributed by atoms with van der Waals surface area (Å²) >= 11 is 0. The van der Waals surface area contributed by atoms with Crippen molar-refractivity contribution in [2.75, 3.05) is 20.2 Å². The number of rotatable bonds is 3. The normalized spacial score (nSPS) is 49.4. The molecule has 2 N–H and O–H groups in total. The average molecular weight is 238 g/mol. The lowest BCUT2D eigenvalue weighted by Gasteiger charge is -2.48. The number of nitrogens with two attached hydrogens (primary N) is 1. The molecule has 0 aromatic rings. The average Bonchev–Trinajstić information content (AvgIpc) is 3.02. The molecule has 2 aliphatic carbocycles. The van der Waals surface area contributed by atoms with Crippen LogP contribution in [0.25, 0.3) is 0 Å². The zero-order valence-corrected chi connectivity index (χ0v) is 11.2. The molecule has 0 amide bonds. The maximum atomic E-state index is 6.19. The summed E-state index contributed by atoms with van der Waals surface area (Å²) < 4.78 is 5.73. The van der Waals surface area contributed by atoms with Gasteiger partial charge in [-0.1, -0.05) is 6.42 Å². The van der Waals surface area contributed by atoms with Gasteiger partial charge in [-0.25, -0.2) is 0 Å². The van der Waals surface area contributed by atoms with Crippen molar-refractivity contribution in [2.24, 2.45) is 17.6 Å². The van der Waals surface area contributed by atoms with Crippen molar-refractivity contribution < 1.29 is 4.74 Å². The third-order valence-electron chi connectivity index (χ3n) is 5.83. The van der Waals surface area contributed by atoms with Crippen LogP contribution < -0.4 is 5.73 Å². The first kappa shape index (κ1) is 11.9. The number of ether oxygens (including phenoxy) is 1. The molecule has 0 spiro atoms. The van der Waals surface area contributed by atoms with Crippen LogP contribution in [0.5, 0.6) is 0 Å². The molecule has 0 aromatic carbocycles. The van der Waals surface area contributed by atoms with Crippen LogP contribution in [0.15, 0.2) is 0 Å². The van der Waals surface area contributed by atoms with E-state index in [1.165, 1.54) is 32.1 Å². The second-order valence-corrected chi connectivity index (χ2v) is 6.43. The summed E-state index contributed by atoms with van der Waals surface area (Å²) in [6.07, 6.45) is 7.14. The Morgan fingerprint density at radius 3 is 2.65 bits per heavy atom. The predicted octanol–water partition coefficient (Wildman–Crippen LogP) is 1.61. The molecule has 5 unspecified atom stereocenters. The van der Waals surface area contributed by atoms with Gasteiger partial charge in [-0.15, -0.1) is 0 Å². The van der Waals surface area contributed by atoms with Gasteiger partial charge in [0, 0.05) is 24.7 Å². The fourth-order valence-electron chi connectivity index (χ4n) is 4.80. The monoisotopic (exact) mass is 238 g/mol. The Labute approximate surface area is 105 Å². The van der Waals surface area contributed by atoms with Crippen molar-refractivity contribution in [3.05, 3.63) is 0 Å². The Morgan fingerprint density at radius 2 is 2.18 bits per heavy atom. The zero-order chi connectivity index (χ0) is 12.0. The van der Waals surface area contributed by atoms with Gasteiger partial charge in [0.2, 0.25) is 0 Å². The highest BCUT2D eigenvalue weighted by Gasteiger charge is 2.54. The van der Waals surface area contributed by atoms with Gasteiger partial charge in [0.25, 0.3) is 0 Å². The van der Waals surface area contributed by atoms with Crippen LogP contribution in [-0.4, -0.2) is 42.8 Å². The largest absolute Gasteiger partial charge is 0.377 e. The first-order valence-electron chi connectivity index (χ1n) is 7.22. The molecule has 3 fully saturated rings. The van der Waals surface area contributed by atoms with Crippen LogP contribution in [0.3, 0.4) is 0 Å². The number of likely N-dealkylation sites (N-methyl/N-ethyl adjacent to an activating group) is 1. The number of hydrogen-bond donors (Lipinski definition) is 1. The maximum Gasteiger partial charge on any atom is 0.0703 e. The number of hydrogen-bond acceptors (Lipinski definition) is 3. The lowest BCUT2D eigenvalue weighted by molar-refractivity contribution is -0.000945. The molecule has 5 atom stereocenters. The van der Waals surface area contributed by atoms with E-state index in [1.54, 1.807) is 0 Å². The van der Waals surface area contributed by atoms with E-state index < -0.39 is 0 Å². The Bertz CT molecular complexity index is 296. The molecule has 1 heterocycles. The van der Waals surface area contributed by atoms with Gasteiger partial charge in [0.15, 0.2) is 0 Å². The quantitative estimate of drug-likeness (QED) is 0.812. The molecule has 2 bridgehead atoms. The smallest absolute Gasteiger partial charge is 0.0703 e. The molecule has 0 radical (unpaired) electrons. The van der Waals surface area contributed by atoms with Crippen LogP contribution in [0.1, 0.15) is 39.0 Å². The summed E-state index contributed by atoms with van der Waals surface area (Å²) in [7, 11) is 2.30. The molecule has 3 aliphatic rings. The summed E-state index contributed by atoms with van der Waals surface area (Å²) in [5, 5.41) is 0. The second kappa shape index (κ2) is 4.22. The van der Waals surface area contributed by atoms with E-state index in [2.05, 4.69) is 18.9 Å². The Hall–Kier alpha value is -0.120. The molecule has 3 nitrogen and oxygen atoms in total. The third-order valence-corrected chi connectivity index (χ3v) is 5.83. The second-order valence-electron chi connectivity index (χ2n) is 6.43. The van der Waals surface area contributed by atoms with E-state index in [4.69, 9.17) is 10.5 Å². The summed E-state index contributed by atoms with van der Waals surface area (Å²) in [5.41, 5.74) is 6.47. The van der Waals surface area contributed by atoms with Gasteiger partial charge < -0.3 is 10.5 Å². The van der Waals surface area contributed by atoms with Gasteiger partial charge in [-0.3, -0.25) is 4.90 Å². The van der Waals surface area contributed by atoms with Crippen molar-refractivity contribution >= 4 is 0 Å². The molecule has 3 rings (SSSR count). The topological polar surface area (TPSA) is 38.5 Å². The van der Waals surface area contributed by atoms with Crippen molar-refractivity contribution in [3.8, 4) is 0 Å². The highest BCUT2D eigenvalue weighted by atomic mass is 16.5. The van der Waals surface area contributed by atoms with Crippen LogP contribution in [0.2, 0.25) is 0 Å². The fraction of sp³-hybridized carbons (Fsp3) is 1.00. The lowest BCUT2D eigenvalue weighted by atomic mass is 9.78. The summed E-state index contributed by atoms with van der Waals surface area (Å²) in [6.45, 7) is 3.96. The van der Waals surface area contributed by atoms with Crippen LogP contribution in [0, 0.1) is 11.8 Å². The standard InChI is InChI=1S/C14H26N2O/c1-10-13(5-6-17-10)16(2)14(9-15)8-11-3-4-12(14)7-11/h10-13H,3-9,15H2,1-2H3. The van der Waals surface area contributed by atoms with E-state index in [0.29, 0.717) is 12.1 Å². The van der Waals surface area contributed by atoms with Crippen molar-refractivity contribution in [3.63, 3.8) is 0 Å². The van der Waals surface area contributed by atoms with Crippen molar-refractivity contribution in [1.29, 1.82) is 0 Å². The highest BCUT2D eigenvalue weighted by Crippen LogP contribution is 2.53. The van der Waals surface area contributed by atoms with E-state index >= 15 is 0 Å². The number of nitrogens with zero attached hydrogens (tertiary/aromatic N) is 1. The third kappa shape index (κ3) is 1.66. The first-order chi connectivity index (χ1) is 8.17. The molecule has 98 valence electrons. The van der Waals surface area contributed by atoms with Crippen molar-refractivity contribution in [1.82, 2.24) is 4.90 Å². The maximum absolute atomic E-state index is 6.19. The van der Waals surface area contributed by atoms with E-state index in [1.807, 2.05) is 0 Å². The SMILES string of the molecule is CC1OCCC1N(C)C1(CN)CC2CCC1C2. The molecule has 17 heavy (non-hydrogen) atoms. The molecular weight excluding hydrogens is 212 g/mol. The van der Waals surface area contributed by atoms with Gasteiger partial charge in [-0.05, 0) is 51.5 Å². The van der Waals surface area contributed by atoms with Crippen molar-refractivity contribution in [2.45, 2.75) is 56.7 Å². The highest BCUT2D eigenvalue weighted by molar-refractivity contribution is 5.09. The van der Waals surface area contributed by atoms with Gasteiger partial charge in [0.1, 0.15) is 0 Å². The Balaban J connectivity index is 1.81. The van der Waals surface area contributed by atoms with E-state index in [-0.39, 0.29) is 5.54 Å². The number of fused-ring (bicyclic) bond motifs is 2. The molecule has 1 aliphatic heterocycles. The Kier molecular flexibility index (Phi) is 2.96. The zero-order valence-electron chi connectivity index (χ0n) is 11.2. The molecule has 3 heteroatoms. The van der Waals surface area contributed by atoms with Crippen LogP contribution >= 0.6 is 0 Å². The predicted molar refractivity (Wildman–Crippen MR) is 68.8 cm³/mol. The fourth-order valence-corrected chi connectivity index (χ4v) is 4.80. The van der Waals surface area contributed by atoms with E-state index in [9.17, 15) is 0 Å². The van der Waals surface area contributed by atoms with E-state index in [0.717, 1.165) is 25.0 Å². The molecule has 2 saturated carbocycles. The summed E-state index contributed by atoms with van der Waals surface area (Å²) in [4.78, 5) is 2.61. The minimum atomic E-state index is 0.287. The lowest BCUT2D eigenvalue weighted by Crippen LogP contribution is -2.60. The summed E-state index contributed by atoms with van der Waals surface area (Å²) in [5.74, 6) is 1.79. The molecular formula is C14H26N2O. The van der Waals surface area contributed by atoms with Crippen LogP contribution in [-0.2, 0) is 4.74 Å². The van der Waals surface area contributed by atoms with Gasteiger partial charge >= 0.3 is 0 Å². The summed E-state index contributed by atoms with van der Waals surface area (Å²) in [6, 6.07) is 0.581. The first-order valence-corrected chi connectivity index (χ1v) is 7.22. The molecule has 0 aromatic heterocycles. The Morgan fingerprint density at radius 1 is 1.35 bits per heavy atom. The minimum absolute atomic E-state index is 0.287.